The van der Waals surface area contributed by atoms with Crippen molar-refractivity contribution in [1.82, 2.24) is 10.6 Å². The van der Waals surface area contributed by atoms with Crippen molar-refractivity contribution >= 4 is 21.8 Å². The smallest absolute Gasteiger partial charge is 0.224 e. The topological polar surface area (TPSA) is 41.1 Å². The van der Waals surface area contributed by atoms with E-state index in [-0.39, 0.29) is 11.8 Å². The van der Waals surface area contributed by atoms with Crippen LogP contribution in [0.2, 0.25) is 0 Å². The predicted octanol–water partition coefficient (Wildman–Crippen LogP) is 2.03. The Kier molecular flexibility index (Phi) is 4.78. The van der Waals surface area contributed by atoms with Crippen LogP contribution < -0.4 is 10.6 Å². The Morgan fingerprint density at radius 1 is 1.56 bits per heavy atom. The summed E-state index contributed by atoms with van der Waals surface area (Å²) in [7, 11) is 0. The van der Waals surface area contributed by atoms with Gasteiger partial charge in [-0.25, -0.2) is 0 Å². The molecule has 1 aromatic carbocycles. The number of carbonyl (C=O) groups excluding carboxylic acids is 1. The Balaban J connectivity index is 1.81. The summed E-state index contributed by atoms with van der Waals surface area (Å²) in [6.07, 6.45) is 1.85. The summed E-state index contributed by atoms with van der Waals surface area (Å²) < 4.78 is 1.09. The molecule has 4 heteroatoms. The first-order valence-corrected chi connectivity index (χ1v) is 7.19. The highest BCUT2D eigenvalue weighted by atomic mass is 79.9. The number of halogens is 1. The molecule has 0 saturated carbocycles. The van der Waals surface area contributed by atoms with Crippen molar-refractivity contribution in [3.63, 3.8) is 0 Å². The van der Waals surface area contributed by atoms with Crippen molar-refractivity contribution in [1.29, 1.82) is 0 Å². The number of hydrogen-bond donors (Lipinski definition) is 2. The second kappa shape index (κ2) is 6.34. The van der Waals surface area contributed by atoms with E-state index in [2.05, 4.69) is 45.6 Å². The maximum absolute atomic E-state index is 11.8. The fourth-order valence-corrected chi connectivity index (χ4v) is 2.66. The highest BCUT2D eigenvalue weighted by Crippen LogP contribution is 2.16. The van der Waals surface area contributed by atoms with Crippen LogP contribution in [0.5, 0.6) is 0 Å². The lowest BCUT2D eigenvalue weighted by Crippen LogP contribution is -2.33. The normalized spacial score (nSPS) is 18.9. The standard InChI is InChI=1S/C14H19BrN2O/c1-10-2-3-13(15)8-11(10)5-7-17-14(18)12-4-6-16-9-12/h2-3,8,12,16H,4-7,9H2,1H3,(H,17,18). The van der Waals surface area contributed by atoms with E-state index in [1.54, 1.807) is 0 Å². The molecule has 3 nitrogen and oxygen atoms in total. The molecule has 98 valence electrons. The minimum Gasteiger partial charge on any atom is -0.355 e. The van der Waals surface area contributed by atoms with Crippen LogP contribution in [0.4, 0.5) is 0 Å². The first-order valence-electron chi connectivity index (χ1n) is 6.40. The second-order valence-corrected chi connectivity index (χ2v) is 5.72. The number of carbonyl (C=O) groups is 1. The SMILES string of the molecule is Cc1ccc(Br)cc1CCNC(=O)C1CCNC1. The first kappa shape index (κ1) is 13.6. The predicted molar refractivity (Wildman–Crippen MR) is 76.6 cm³/mol. The average molecular weight is 311 g/mol. The van der Waals surface area contributed by atoms with E-state index in [0.29, 0.717) is 6.54 Å². The van der Waals surface area contributed by atoms with Crippen molar-refractivity contribution < 1.29 is 4.79 Å². The molecule has 1 unspecified atom stereocenters. The molecule has 0 bridgehead atoms. The van der Waals surface area contributed by atoms with Crippen LogP contribution in [0.25, 0.3) is 0 Å². The molecule has 1 aliphatic heterocycles. The summed E-state index contributed by atoms with van der Waals surface area (Å²) in [6.45, 7) is 4.60. The molecule has 1 heterocycles. The summed E-state index contributed by atoms with van der Waals surface area (Å²) in [5.74, 6) is 0.348. The van der Waals surface area contributed by atoms with Gasteiger partial charge in [0.15, 0.2) is 0 Å². The molecule has 0 spiro atoms. The zero-order valence-corrected chi connectivity index (χ0v) is 12.2. The van der Waals surface area contributed by atoms with Crippen LogP contribution in [0.1, 0.15) is 17.5 Å². The van der Waals surface area contributed by atoms with Crippen molar-refractivity contribution in [2.24, 2.45) is 5.92 Å². The third kappa shape index (κ3) is 3.56. The summed E-state index contributed by atoms with van der Waals surface area (Å²) >= 11 is 3.48. The number of amides is 1. The molecule has 1 aromatic rings. The van der Waals surface area contributed by atoms with Gasteiger partial charge in [-0.1, -0.05) is 22.0 Å². The second-order valence-electron chi connectivity index (χ2n) is 4.80. The minimum atomic E-state index is 0.161. The number of rotatable bonds is 4. The van der Waals surface area contributed by atoms with Crippen LogP contribution >= 0.6 is 15.9 Å². The first-order chi connectivity index (χ1) is 8.66. The zero-order chi connectivity index (χ0) is 13.0. The molecule has 2 N–H and O–H groups in total. The van der Waals surface area contributed by atoms with Gasteiger partial charge in [-0.2, -0.15) is 0 Å². The third-order valence-corrected chi connectivity index (χ3v) is 3.93. The maximum Gasteiger partial charge on any atom is 0.224 e. The lowest BCUT2D eigenvalue weighted by molar-refractivity contribution is -0.124. The van der Waals surface area contributed by atoms with Gasteiger partial charge in [-0.15, -0.1) is 0 Å². The van der Waals surface area contributed by atoms with Crippen molar-refractivity contribution in [3.05, 3.63) is 33.8 Å². The Bertz CT molecular complexity index is 428. The molecular formula is C14H19BrN2O. The van der Waals surface area contributed by atoms with Crippen LogP contribution in [0.3, 0.4) is 0 Å². The van der Waals surface area contributed by atoms with E-state index >= 15 is 0 Å². The number of aryl methyl sites for hydroxylation is 1. The molecular weight excluding hydrogens is 292 g/mol. The van der Waals surface area contributed by atoms with Crippen molar-refractivity contribution in [2.45, 2.75) is 19.8 Å². The van der Waals surface area contributed by atoms with Gasteiger partial charge in [0.25, 0.3) is 0 Å². The van der Waals surface area contributed by atoms with Gasteiger partial charge in [0, 0.05) is 17.6 Å². The largest absolute Gasteiger partial charge is 0.355 e. The molecule has 0 aliphatic carbocycles. The van der Waals surface area contributed by atoms with Crippen LogP contribution in [0.15, 0.2) is 22.7 Å². The van der Waals surface area contributed by atoms with Crippen LogP contribution in [-0.4, -0.2) is 25.5 Å². The minimum absolute atomic E-state index is 0.161. The van der Waals surface area contributed by atoms with E-state index in [1.807, 2.05) is 6.07 Å². The lowest BCUT2D eigenvalue weighted by atomic mass is 10.1. The Morgan fingerprint density at radius 3 is 3.11 bits per heavy atom. The number of hydrogen-bond acceptors (Lipinski definition) is 2. The van der Waals surface area contributed by atoms with Crippen LogP contribution in [0, 0.1) is 12.8 Å². The van der Waals surface area contributed by atoms with Gasteiger partial charge in [-0.3, -0.25) is 4.79 Å². The molecule has 1 saturated heterocycles. The van der Waals surface area contributed by atoms with Gasteiger partial charge in [0.2, 0.25) is 5.91 Å². The van der Waals surface area contributed by atoms with Crippen molar-refractivity contribution in [3.8, 4) is 0 Å². The maximum atomic E-state index is 11.8. The van der Waals surface area contributed by atoms with E-state index in [1.165, 1.54) is 11.1 Å². The van der Waals surface area contributed by atoms with Crippen LogP contribution in [-0.2, 0) is 11.2 Å². The van der Waals surface area contributed by atoms with Gasteiger partial charge in [-0.05, 0) is 49.6 Å². The van der Waals surface area contributed by atoms with Crippen molar-refractivity contribution in [2.75, 3.05) is 19.6 Å². The number of nitrogens with one attached hydrogen (secondary N) is 2. The Labute approximate surface area is 116 Å². The zero-order valence-electron chi connectivity index (χ0n) is 10.6. The molecule has 0 aromatic heterocycles. The molecule has 2 rings (SSSR count). The monoisotopic (exact) mass is 310 g/mol. The fraction of sp³-hybridized carbons (Fsp3) is 0.500. The van der Waals surface area contributed by atoms with E-state index < -0.39 is 0 Å². The average Bonchev–Trinajstić information content (AvgIpc) is 2.87. The molecule has 1 atom stereocenters. The van der Waals surface area contributed by atoms with E-state index in [0.717, 1.165) is 30.4 Å². The molecule has 1 aliphatic rings. The Hall–Kier alpha value is -0.870. The highest BCUT2D eigenvalue weighted by molar-refractivity contribution is 9.10. The summed E-state index contributed by atoms with van der Waals surface area (Å²) in [6, 6.07) is 6.27. The van der Waals surface area contributed by atoms with Gasteiger partial charge >= 0.3 is 0 Å². The summed E-state index contributed by atoms with van der Waals surface area (Å²) in [5, 5.41) is 6.24. The molecule has 1 amide bonds. The fourth-order valence-electron chi connectivity index (χ4n) is 2.25. The quantitative estimate of drug-likeness (QED) is 0.893. The van der Waals surface area contributed by atoms with Gasteiger partial charge < -0.3 is 10.6 Å². The van der Waals surface area contributed by atoms with E-state index in [9.17, 15) is 4.79 Å². The molecule has 1 fully saturated rings. The molecule has 0 radical (unpaired) electrons. The Morgan fingerprint density at radius 2 is 2.39 bits per heavy atom. The van der Waals surface area contributed by atoms with Gasteiger partial charge in [0.1, 0.15) is 0 Å². The van der Waals surface area contributed by atoms with Gasteiger partial charge in [0.05, 0.1) is 5.92 Å². The summed E-state index contributed by atoms with van der Waals surface area (Å²) in [4.78, 5) is 11.8. The highest BCUT2D eigenvalue weighted by Gasteiger charge is 2.21. The molecule has 18 heavy (non-hydrogen) atoms. The third-order valence-electron chi connectivity index (χ3n) is 3.44. The summed E-state index contributed by atoms with van der Waals surface area (Å²) in [5.41, 5.74) is 2.56. The lowest BCUT2D eigenvalue weighted by Gasteiger charge is -2.11. The van der Waals surface area contributed by atoms with E-state index in [4.69, 9.17) is 0 Å². The number of benzene rings is 1.